The van der Waals surface area contributed by atoms with Gasteiger partial charge in [0.1, 0.15) is 5.54 Å². The normalized spacial score (nSPS) is 14.9. The van der Waals surface area contributed by atoms with Gasteiger partial charge in [-0.2, -0.15) is 0 Å². The first kappa shape index (κ1) is 13.8. The predicted octanol–water partition coefficient (Wildman–Crippen LogP) is 3.85. The summed E-state index contributed by atoms with van der Waals surface area (Å²) >= 11 is 0. The molecule has 0 saturated carbocycles. The molecule has 0 radical (unpaired) electrons. The third-order valence-electron chi connectivity index (χ3n) is 4.27. The lowest BCUT2D eigenvalue weighted by atomic mass is 9.83. The molecule has 0 aliphatic heterocycles. The highest BCUT2D eigenvalue weighted by Crippen LogP contribution is 2.34. The Kier molecular flexibility index (Phi) is 3.77. The number of quaternary nitrogens is 1. The summed E-state index contributed by atoms with van der Waals surface area (Å²) in [6.07, 6.45) is 1.04. The van der Waals surface area contributed by atoms with Crippen LogP contribution < -0.4 is 0 Å². The molecule has 19 heavy (non-hydrogen) atoms. The van der Waals surface area contributed by atoms with Crippen molar-refractivity contribution in [2.45, 2.75) is 18.9 Å². The maximum absolute atomic E-state index is 2.36. The van der Waals surface area contributed by atoms with E-state index in [1.54, 1.807) is 0 Å². The summed E-state index contributed by atoms with van der Waals surface area (Å²) in [4.78, 5) is 0. The van der Waals surface area contributed by atoms with E-state index in [-0.39, 0.29) is 5.54 Å². The quantitative estimate of drug-likeness (QED) is 0.727. The van der Waals surface area contributed by atoms with Gasteiger partial charge in [0.2, 0.25) is 0 Å². The summed E-state index contributed by atoms with van der Waals surface area (Å²) < 4.78 is 0.909. The molecule has 2 aromatic rings. The van der Waals surface area contributed by atoms with E-state index in [1.807, 2.05) is 0 Å². The first-order chi connectivity index (χ1) is 8.93. The zero-order chi connectivity index (χ0) is 13.9. The van der Waals surface area contributed by atoms with Crippen LogP contribution in [0.4, 0.5) is 0 Å². The molecule has 0 heterocycles. The number of nitrogens with zero attached hydrogens (tertiary/aromatic N) is 1. The molecule has 100 valence electrons. The molecule has 0 unspecified atom stereocenters. The second kappa shape index (κ2) is 5.18. The van der Waals surface area contributed by atoms with Gasteiger partial charge < -0.3 is 4.48 Å². The number of likely N-dealkylation sites (N-methyl/N-ethyl adjacent to an activating group) is 1. The average molecular weight is 254 g/mol. The summed E-state index contributed by atoms with van der Waals surface area (Å²) in [5.41, 5.74) is 2.86. The molecular formula is C18H24N+. The molecule has 1 atom stereocenters. The standard InChI is InChI=1S/C18H24N/c1-18(19(2,3)4,17-13-9-6-10-14-17)15-16-11-7-5-8-12-16/h5-14H,15H2,1-4H3/q+1/t18-/m0/s1. The van der Waals surface area contributed by atoms with Crippen LogP contribution in [0.2, 0.25) is 0 Å². The van der Waals surface area contributed by atoms with Crippen molar-refractivity contribution in [2.24, 2.45) is 0 Å². The van der Waals surface area contributed by atoms with Crippen molar-refractivity contribution in [3.05, 3.63) is 71.8 Å². The Bertz CT molecular complexity index is 510. The Labute approximate surface area is 117 Å². The fourth-order valence-electron chi connectivity index (χ4n) is 2.52. The van der Waals surface area contributed by atoms with E-state index in [4.69, 9.17) is 0 Å². The van der Waals surface area contributed by atoms with Crippen molar-refractivity contribution < 1.29 is 4.48 Å². The predicted molar refractivity (Wildman–Crippen MR) is 82.0 cm³/mol. The van der Waals surface area contributed by atoms with Crippen LogP contribution in [-0.4, -0.2) is 25.6 Å². The number of hydrogen-bond acceptors (Lipinski definition) is 0. The lowest BCUT2D eigenvalue weighted by Crippen LogP contribution is -2.54. The van der Waals surface area contributed by atoms with Crippen molar-refractivity contribution in [2.75, 3.05) is 21.1 Å². The van der Waals surface area contributed by atoms with Crippen LogP contribution in [0, 0.1) is 0 Å². The van der Waals surface area contributed by atoms with Crippen molar-refractivity contribution in [1.82, 2.24) is 0 Å². The van der Waals surface area contributed by atoms with E-state index < -0.39 is 0 Å². The molecule has 2 rings (SSSR count). The number of hydrogen-bond donors (Lipinski definition) is 0. The Hall–Kier alpha value is -1.60. The Balaban J connectivity index is 2.42. The molecule has 0 aliphatic carbocycles. The minimum atomic E-state index is 0.0720. The third-order valence-corrected chi connectivity index (χ3v) is 4.27. The smallest absolute Gasteiger partial charge is 0.125 e. The van der Waals surface area contributed by atoms with Gasteiger partial charge in [0.05, 0.1) is 21.1 Å². The van der Waals surface area contributed by atoms with Crippen LogP contribution in [0.5, 0.6) is 0 Å². The average Bonchev–Trinajstić information content (AvgIpc) is 2.39. The topological polar surface area (TPSA) is 0 Å². The minimum absolute atomic E-state index is 0.0720. The van der Waals surface area contributed by atoms with Crippen LogP contribution >= 0.6 is 0 Å². The first-order valence-corrected chi connectivity index (χ1v) is 6.84. The van der Waals surface area contributed by atoms with Crippen LogP contribution in [0.15, 0.2) is 60.7 Å². The fourth-order valence-corrected chi connectivity index (χ4v) is 2.52. The first-order valence-electron chi connectivity index (χ1n) is 6.84. The monoisotopic (exact) mass is 254 g/mol. The maximum atomic E-state index is 2.36. The van der Waals surface area contributed by atoms with Gasteiger partial charge in [-0.05, 0) is 12.5 Å². The van der Waals surface area contributed by atoms with Crippen LogP contribution in [0.1, 0.15) is 18.1 Å². The molecule has 2 aromatic carbocycles. The van der Waals surface area contributed by atoms with E-state index in [9.17, 15) is 0 Å². The van der Waals surface area contributed by atoms with Crippen LogP contribution in [-0.2, 0) is 12.0 Å². The van der Waals surface area contributed by atoms with Crippen molar-refractivity contribution >= 4 is 0 Å². The van der Waals surface area contributed by atoms with Crippen LogP contribution in [0.25, 0.3) is 0 Å². The summed E-state index contributed by atoms with van der Waals surface area (Å²) in [5.74, 6) is 0. The highest BCUT2D eigenvalue weighted by molar-refractivity contribution is 5.26. The highest BCUT2D eigenvalue weighted by atomic mass is 15.3. The molecule has 1 heteroatoms. The fraction of sp³-hybridized carbons (Fsp3) is 0.333. The minimum Gasteiger partial charge on any atom is -0.322 e. The molecule has 0 N–H and O–H groups in total. The highest BCUT2D eigenvalue weighted by Gasteiger charge is 2.39. The zero-order valence-corrected chi connectivity index (χ0v) is 12.4. The Morgan fingerprint density at radius 2 is 1.26 bits per heavy atom. The van der Waals surface area contributed by atoms with E-state index in [1.165, 1.54) is 11.1 Å². The van der Waals surface area contributed by atoms with Gasteiger partial charge >= 0.3 is 0 Å². The Morgan fingerprint density at radius 3 is 1.74 bits per heavy atom. The van der Waals surface area contributed by atoms with Gasteiger partial charge in [0.15, 0.2) is 0 Å². The summed E-state index contributed by atoms with van der Waals surface area (Å²) in [6.45, 7) is 2.36. The van der Waals surface area contributed by atoms with E-state index >= 15 is 0 Å². The molecule has 0 fully saturated rings. The van der Waals surface area contributed by atoms with E-state index in [0.29, 0.717) is 0 Å². The molecule has 0 spiro atoms. The van der Waals surface area contributed by atoms with E-state index in [0.717, 1.165) is 10.9 Å². The van der Waals surface area contributed by atoms with Crippen molar-refractivity contribution in [1.29, 1.82) is 0 Å². The van der Waals surface area contributed by atoms with Gasteiger partial charge in [-0.1, -0.05) is 60.7 Å². The lowest BCUT2D eigenvalue weighted by Gasteiger charge is -2.44. The number of benzene rings is 2. The molecular weight excluding hydrogens is 230 g/mol. The third kappa shape index (κ3) is 2.87. The molecule has 0 aromatic heterocycles. The number of rotatable bonds is 4. The summed E-state index contributed by atoms with van der Waals surface area (Å²) in [6, 6.07) is 21.6. The summed E-state index contributed by atoms with van der Waals surface area (Å²) in [7, 11) is 6.82. The maximum Gasteiger partial charge on any atom is 0.125 e. The largest absolute Gasteiger partial charge is 0.322 e. The SMILES string of the molecule is C[C@](Cc1ccccc1)(c1ccccc1)[N+](C)(C)C. The molecule has 0 aliphatic rings. The zero-order valence-electron chi connectivity index (χ0n) is 12.4. The second-order valence-electron chi connectivity index (χ2n) is 6.31. The molecule has 1 nitrogen and oxygen atoms in total. The van der Waals surface area contributed by atoms with Crippen molar-refractivity contribution in [3.63, 3.8) is 0 Å². The summed E-state index contributed by atoms with van der Waals surface area (Å²) in [5, 5.41) is 0. The second-order valence-corrected chi connectivity index (χ2v) is 6.31. The van der Waals surface area contributed by atoms with Crippen LogP contribution in [0.3, 0.4) is 0 Å². The van der Waals surface area contributed by atoms with Gasteiger partial charge in [0.25, 0.3) is 0 Å². The van der Waals surface area contributed by atoms with Gasteiger partial charge in [-0.25, -0.2) is 0 Å². The van der Waals surface area contributed by atoms with E-state index in [2.05, 4.69) is 88.7 Å². The molecule has 0 amide bonds. The van der Waals surface area contributed by atoms with Gasteiger partial charge in [0, 0.05) is 12.0 Å². The van der Waals surface area contributed by atoms with Gasteiger partial charge in [-0.3, -0.25) is 0 Å². The molecule has 0 saturated heterocycles. The van der Waals surface area contributed by atoms with Crippen molar-refractivity contribution in [3.8, 4) is 0 Å². The lowest BCUT2D eigenvalue weighted by molar-refractivity contribution is -0.930. The van der Waals surface area contributed by atoms with Gasteiger partial charge in [-0.15, -0.1) is 0 Å². The molecule has 0 bridgehead atoms. The Morgan fingerprint density at radius 1 is 0.789 bits per heavy atom.